The average molecular weight is 446 g/mol. The highest BCUT2D eigenvalue weighted by atomic mass is 16.5. The Bertz CT molecular complexity index is 1350. The van der Waals surface area contributed by atoms with Crippen LogP contribution in [0.25, 0.3) is 11.1 Å². The van der Waals surface area contributed by atoms with Gasteiger partial charge in [0.2, 0.25) is 0 Å². The second-order valence-electron chi connectivity index (χ2n) is 8.76. The standard InChI is InChI=1S/C31H27NO2/c1-22-27(13-7-14-29(22)25-10-3-2-4-11-25)21-34-31-18-28(17-26-12-6-15-30(26)31)33-20-24-9-5-8-23(16-24)19-32/h2-5,7-11,13-14,16-18H,6,12,15,20-21H2,1H3. The van der Waals surface area contributed by atoms with Crippen LogP contribution < -0.4 is 9.47 Å². The summed E-state index contributed by atoms with van der Waals surface area (Å²) in [5.41, 5.74) is 9.14. The molecule has 0 bridgehead atoms. The van der Waals surface area contributed by atoms with E-state index in [1.54, 1.807) is 6.07 Å². The molecule has 0 heterocycles. The molecule has 0 aromatic heterocycles. The Kier molecular flexibility index (Phi) is 6.31. The highest BCUT2D eigenvalue weighted by molar-refractivity contribution is 5.68. The molecule has 168 valence electrons. The molecule has 0 aliphatic heterocycles. The van der Waals surface area contributed by atoms with Gasteiger partial charge in [0.25, 0.3) is 0 Å². The fraction of sp³-hybridized carbons (Fsp3) is 0.194. The molecule has 1 aliphatic rings. The van der Waals surface area contributed by atoms with Crippen molar-refractivity contribution in [1.29, 1.82) is 5.26 Å². The van der Waals surface area contributed by atoms with Crippen LogP contribution >= 0.6 is 0 Å². The zero-order valence-electron chi connectivity index (χ0n) is 19.4. The highest BCUT2D eigenvalue weighted by Gasteiger charge is 2.19. The summed E-state index contributed by atoms with van der Waals surface area (Å²) >= 11 is 0. The van der Waals surface area contributed by atoms with E-state index in [9.17, 15) is 0 Å². The Balaban J connectivity index is 1.35. The van der Waals surface area contributed by atoms with E-state index in [0.29, 0.717) is 18.8 Å². The van der Waals surface area contributed by atoms with E-state index < -0.39 is 0 Å². The van der Waals surface area contributed by atoms with Crippen molar-refractivity contribution in [3.8, 4) is 28.7 Å². The zero-order valence-corrected chi connectivity index (χ0v) is 19.4. The summed E-state index contributed by atoms with van der Waals surface area (Å²) in [5.74, 6) is 1.73. The van der Waals surface area contributed by atoms with E-state index in [1.807, 2.05) is 30.3 Å². The summed E-state index contributed by atoms with van der Waals surface area (Å²) < 4.78 is 12.5. The van der Waals surface area contributed by atoms with Gasteiger partial charge in [0.15, 0.2) is 0 Å². The first-order valence-electron chi connectivity index (χ1n) is 11.8. The molecule has 4 aromatic carbocycles. The lowest BCUT2D eigenvalue weighted by Crippen LogP contribution is -2.03. The van der Waals surface area contributed by atoms with Crippen molar-refractivity contribution in [2.45, 2.75) is 39.4 Å². The van der Waals surface area contributed by atoms with Crippen molar-refractivity contribution in [1.82, 2.24) is 0 Å². The van der Waals surface area contributed by atoms with Crippen LogP contribution in [-0.4, -0.2) is 0 Å². The molecule has 4 aromatic rings. The van der Waals surface area contributed by atoms with Gasteiger partial charge in [-0.3, -0.25) is 0 Å². The van der Waals surface area contributed by atoms with E-state index in [2.05, 4.69) is 61.5 Å². The number of fused-ring (bicyclic) bond motifs is 1. The van der Waals surface area contributed by atoms with Crippen molar-refractivity contribution in [3.05, 3.63) is 118 Å². The van der Waals surface area contributed by atoms with Gasteiger partial charge in [0.1, 0.15) is 24.7 Å². The van der Waals surface area contributed by atoms with Gasteiger partial charge in [0, 0.05) is 6.07 Å². The number of nitrogens with zero attached hydrogens (tertiary/aromatic N) is 1. The monoisotopic (exact) mass is 445 g/mol. The Morgan fingerprint density at radius 3 is 2.53 bits per heavy atom. The SMILES string of the molecule is Cc1c(COc2cc(OCc3cccc(C#N)c3)cc3c2CCC3)cccc1-c1ccccc1. The first-order chi connectivity index (χ1) is 16.7. The number of benzene rings is 4. The number of ether oxygens (including phenoxy) is 2. The summed E-state index contributed by atoms with van der Waals surface area (Å²) in [6.45, 7) is 3.11. The van der Waals surface area contributed by atoms with E-state index >= 15 is 0 Å². The number of nitriles is 1. The summed E-state index contributed by atoms with van der Waals surface area (Å²) in [4.78, 5) is 0. The van der Waals surface area contributed by atoms with Gasteiger partial charge in [-0.25, -0.2) is 0 Å². The van der Waals surface area contributed by atoms with Crippen molar-refractivity contribution >= 4 is 0 Å². The third-order valence-electron chi connectivity index (χ3n) is 6.52. The summed E-state index contributed by atoms with van der Waals surface area (Å²) in [5, 5.41) is 9.14. The lowest BCUT2D eigenvalue weighted by Gasteiger charge is -2.16. The molecule has 0 amide bonds. The minimum absolute atomic E-state index is 0.423. The van der Waals surface area contributed by atoms with Crippen LogP contribution in [0.4, 0.5) is 0 Å². The molecule has 0 radical (unpaired) electrons. The summed E-state index contributed by atoms with van der Waals surface area (Å²) in [7, 11) is 0. The maximum atomic E-state index is 9.14. The topological polar surface area (TPSA) is 42.2 Å². The molecule has 0 unspecified atom stereocenters. The van der Waals surface area contributed by atoms with Crippen LogP contribution in [0.5, 0.6) is 11.5 Å². The van der Waals surface area contributed by atoms with Crippen LogP contribution in [0, 0.1) is 18.3 Å². The minimum Gasteiger partial charge on any atom is -0.489 e. The number of aryl methyl sites for hydroxylation is 1. The maximum absolute atomic E-state index is 9.14. The molecular formula is C31H27NO2. The predicted octanol–water partition coefficient (Wildman–Crippen LogP) is 7.18. The van der Waals surface area contributed by atoms with Crippen molar-refractivity contribution < 1.29 is 9.47 Å². The average Bonchev–Trinajstić information content (AvgIpc) is 3.36. The van der Waals surface area contributed by atoms with Gasteiger partial charge in [-0.2, -0.15) is 5.26 Å². The van der Waals surface area contributed by atoms with Crippen LogP contribution in [0.15, 0.2) is 84.9 Å². The molecule has 0 fully saturated rings. The second-order valence-corrected chi connectivity index (χ2v) is 8.76. The first kappa shape index (κ1) is 21.8. The molecule has 0 N–H and O–H groups in total. The highest BCUT2D eigenvalue weighted by Crippen LogP contribution is 2.36. The smallest absolute Gasteiger partial charge is 0.126 e. The molecule has 34 heavy (non-hydrogen) atoms. The predicted molar refractivity (Wildman–Crippen MR) is 135 cm³/mol. The van der Waals surface area contributed by atoms with E-state index in [0.717, 1.165) is 36.3 Å². The van der Waals surface area contributed by atoms with Crippen molar-refractivity contribution in [2.24, 2.45) is 0 Å². The Labute approximate surface area is 201 Å². The van der Waals surface area contributed by atoms with Crippen LogP contribution in [0.1, 0.15) is 39.8 Å². The third-order valence-corrected chi connectivity index (χ3v) is 6.52. The molecule has 0 atom stereocenters. The molecule has 3 nitrogen and oxygen atoms in total. The lowest BCUT2D eigenvalue weighted by molar-refractivity contribution is 0.287. The number of rotatable bonds is 7. The maximum Gasteiger partial charge on any atom is 0.126 e. The quantitative estimate of drug-likeness (QED) is 0.302. The van der Waals surface area contributed by atoms with Crippen LogP contribution in [0.2, 0.25) is 0 Å². The molecule has 0 spiro atoms. The van der Waals surface area contributed by atoms with Gasteiger partial charge in [-0.15, -0.1) is 0 Å². The minimum atomic E-state index is 0.423. The summed E-state index contributed by atoms with van der Waals surface area (Å²) in [6.07, 6.45) is 3.23. The van der Waals surface area contributed by atoms with Gasteiger partial charge < -0.3 is 9.47 Å². The zero-order chi connectivity index (χ0) is 23.3. The lowest BCUT2D eigenvalue weighted by atomic mass is 9.97. The fourth-order valence-corrected chi connectivity index (χ4v) is 4.67. The third kappa shape index (κ3) is 4.67. The van der Waals surface area contributed by atoms with Gasteiger partial charge in [-0.05, 0) is 83.3 Å². The van der Waals surface area contributed by atoms with Crippen molar-refractivity contribution in [2.75, 3.05) is 0 Å². The summed E-state index contributed by atoms with van der Waals surface area (Å²) in [6, 6.07) is 30.8. The first-order valence-corrected chi connectivity index (χ1v) is 11.8. The van der Waals surface area contributed by atoms with E-state index in [4.69, 9.17) is 14.7 Å². The molecule has 1 aliphatic carbocycles. The molecule has 0 saturated carbocycles. The van der Waals surface area contributed by atoms with Gasteiger partial charge in [0.05, 0.1) is 11.6 Å². The van der Waals surface area contributed by atoms with E-state index in [1.165, 1.54) is 33.4 Å². The second kappa shape index (κ2) is 9.85. The van der Waals surface area contributed by atoms with Gasteiger partial charge in [-0.1, -0.05) is 60.7 Å². The Morgan fingerprint density at radius 1 is 0.824 bits per heavy atom. The Hall–Kier alpha value is -4.03. The van der Waals surface area contributed by atoms with E-state index in [-0.39, 0.29) is 0 Å². The number of hydrogen-bond donors (Lipinski definition) is 0. The molecule has 5 rings (SSSR count). The van der Waals surface area contributed by atoms with Crippen LogP contribution in [0.3, 0.4) is 0 Å². The molecule has 3 heteroatoms. The number of hydrogen-bond acceptors (Lipinski definition) is 3. The largest absolute Gasteiger partial charge is 0.489 e. The molecule has 0 saturated heterocycles. The van der Waals surface area contributed by atoms with Gasteiger partial charge >= 0.3 is 0 Å². The van der Waals surface area contributed by atoms with Crippen LogP contribution in [-0.2, 0) is 26.1 Å². The fourth-order valence-electron chi connectivity index (χ4n) is 4.67. The Morgan fingerprint density at radius 2 is 1.68 bits per heavy atom. The molecular weight excluding hydrogens is 418 g/mol. The normalized spacial score (nSPS) is 12.1. The van der Waals surface area contributed by atoms with Crippen molar-refractivity contribution in [3.63, 3.8) is 0 Å².